The quantitative estimate of drug-likeness (QED) is 0.626. The van der Waals surface area contributed by atoms with Crippen molar-refractivity contribution >= 4 is 17.7 Å². The topological polar surface area (TPSA) is 112 Å². The molecule has 0 radical (unpaired) electrons. The van der Waals surface area contributed by atoms with E-state index < -0.39 is 11.9 Å². The zero-order valence-electron chi connectivity index (χ0n) is 19.4. The fourth-order valence-electron chi connectivity index (χ4n) is 5.91. The van der Waals surface area contributed by atoms with Gasteiger partial charge in [0.2, 0.25) is 11.8 Å². The van der Waals surface area contributed by atoms with E-state index in [9.17, 15) is 14.4 Å². The van der Waals surface area contributed by atoms with Crippen LogP contribution < -0.4 is 15.4 Å². The van der Waals surface area contributed by atoms with Crippen molar-refractivity contribution in [2.75, 3.05) is 6.54 Å². The van der Waals surface area contributed by atoms with Gasteiger partial charge in [-0.05, 0) is 87.6 Å². The molecule has 2 heterocycles. The highest BCUT2D eigenvalue weighted by Crippen LogP contribution is 2.33. The van der Waals surface area contributed by atoms with Gasteiger partial charge >= 0.3 is 0 Å². The van der Waals surface area contributed by atoms with E-state index in [0.29, 0.717) is 30.5 Å². The Morgan fingerprint density at radius 3 is 2.68 bits per heavy atom. The van der Waals surface area contributed by atoms with Gasteiger partial charge < -0.3 is 15.0 Å². The van der Waals surface area contributed by atoms with Crippen LogP contribution in [0.5, 0.6) is 5.75 Å². The highest BCUT2D eigenvalue weighted by Gasteiger charge is 2.39. The number of nitriles is 1. The molecule has 8 nitrogen and oxygen atoms in total. The first-order valence-electron chi connectivity index (χ1n) is 12.6. The lowest BCUT2D eigenvalue weighted by molar-refractivity contribution is -0.136. The third kappa shape index (κ3) is 4.67. The molecule has 2 aliphatic heterocycles. The number of hydrogen-bond donors (Lipinski definition) is 2. The van der Waals surface area contributed by atoms with E-state index in [-0.39, 0.29) is 30.3 Å². The first kappa shape index (κ1) is 22.9. The van der Waals surface area contributed by atoms with Gasteiger partial charge in [0.15, 0.2) is 0 Å². The fraction of sp³-hybridized carbons (Fsp3) is 0.615. The molecule has 4 aliphatic rings. The third-order valence-corrected chi connectivity index (χ3v) is 7.93. The predicted molar refractivity (Wildman–Crippen MR) is 124 cm³/mol. The first-order valence-corrected chi connectivity index (χ1v) is 12.6. The van der Waals surface area contributed by atoms with Gasteiger partial charge in [0.1, 0.15) is 17.9 Å². The Balaban J connectivity index is 1.18. The van der Waals surface area contributed by atoms with Crippen LogP contribution in [-0.4, -0.2) is 47.4 Å². The van der Waals surface area contributed by atoms with Gasteiger partial charge in [-0.1, -0.05) is 0 Å². The van der Waals surface area contributed by atoms with Gasteiger partial charge in [-0.25, -0.2) is 0 Å². The maximum Gasteiger partial charge on any atom is 0.255 e. The van der Waals surface area contributed by atoms with E-state index >= 15 is 0 Å². The molecule has 180 valence electrons. The average molecular weight is 465 g/mol. The van der Waals surface area contributed by atoms with Crippen LogP contribution in [0.4, 0.5) is 0 Å². The SMILES string of the molecule is N#C[C@H]1CC[C@H](CN[C@@H]2CCC[C@H]2Oc2ccc3c(c2)CN(C2CCC(=O)NC2=O)C3=O)CC1. The molecule has 3 atom stereocenters. The number of hydrogen-bond acceptors (Lipinski definition) is 6. The van der Waals surface area contributed by atoms with Crippen molar-refractivity contribution in [2.45, 2.75) is 82.5 Å². The Hall–Kier alpha value is -2.92. The number of nitrogens with one attached hydrogen (secondary N) is 2. The highest BCUT2D eigenvalue weighted by molar-refractivity contribution is 6.05. The normalized spacial score (nSPS) is 31.2. The maximum absolute atomic E-state index is 12.9. The number of ether oxygens (including phenoxy) is 1. The van der Waals surface area contributed by atoms with Gasteiger partial charge in [-0.2, -0.15) is 5.26 Å². The van der Waals surface area contributed by atoms with Crippen LogP contribution in [0.25, 0.3) is 0 Å². The minimum absolute atomic E-state index is 0.0943. The van der Waals surface area contributed by atoms with E-state index in [4.69, 9.17) is 10.00 Å². The lowest BCUT2D eigenvalue weighted by Gasteiger charge is -2.29. The Kier molecular flexibility index (Phi) is 6.55. The van der Waals surface area contributed by atoms with Crippen LogP contribution in [0.3, 0.4) is 0 Å². The number of piperidine rings is 1. The molecular formula is C26H32N4O4. The van der Waals surface area contributed by atoms with Gasteiger partial charge in [-0.3, -0.25) is 19.7 Å². The van der Waals surface area contributed by atoms with Crippen LogP contribution in [-0.2, 0) is 16.1 Å². The van der Waals surface area contributed by atoms with E-state index in [1.54, 1.807) is 11.0 Å². The minimum atomic E-state index is -0.603. The second-order valence-corrected chi connectivity index (χ2v) is 10.2. The summed E-state index contributed by atoms with van der Waals surface area (Å²) in [5, 5.41) is 15.2. The molecule has 34 heavy (non-hydrogen) atoms. The van der Waals surface area contributed by atoms with E-state index in [1.165, 1.54) is 0 Å². The molecule has 1 aromatic rings. The second-order valence-electron chi connectivity index (χ2n) is 10.2. The van der Waals surface area contributed by atoms with Gasteiger partial charge in [-0.15, -0.1) is 0 Å². The molecule has 2 N–H and O–H groups in total. The number of rotatable bonds is 6. The molecule has 0 bridgehead atoms. The van der Waals surface area contributed by atoms with Crippen molar-refractivity contribution in [3.63, 3.8) is 0 Å². The molecule has 1 aromatic carbocycles. The molecule has 0 spiro atoms. The Morgan fingerprint density at radius 2 is 1.91 bits per heavy atom. The second kappa shape index (κ2) is 9.75. The number of amides is 3. The number of benzene rings is 1. The summed E-state index contributed by atoms with van der Waals surface area (Å²) in [7, 11) is 0. The third-order valence-electron chi connectivity index (χ3n) is 7.93. The van der Waals surface area contributed by atoms with Crippen molar-refractivity contribution in [1.29, 1.82) is 5.26 Å². The van der Waals surface area contributed by atoms with Gasteiger partial charge in [0.25, 0.3) is 5.91 Å². The van der Waals surface area contributed by atoms with Crippen LogP contribution in [0, 0.1) is 23.2 Å². The zero-order chi connectivity index (χ0) is 23.7. The minimum Gasteiger partial charge on any atom is -0.489 e. The average Bonchev–Trinajstić information content (AvgIpc) is 3.41. The summed E-state index contributed by atoms with van der Waals surface area (Å²) in [6.45, 7) is 1.33. The lowest BCUT2D eigenvalue weighted by Crippen LogP contribution is -2.52. The molecule has 2 aliphatic carbocycles. The standard InChI is InChI=1S/C26H32N4O4/c27-13-16-4-6-17(7-5-16)14-28-21-2-1-3-23(21)34-19-8-9-20-18(12-19)15-30(26(20)33)22-10-11-24(31)29-25(22)32/h8-9,12,16-17,21-23,28H,1-7,10-11,14-15H2,(H,29,31,32)/t16-,17-,21-,22?,23-/m1/s1. The van der Waals surface area contributed by atoms with Crippen molar-refractivity contribution < 1.29 is 19.1 Å². The number of carbonyl (C=O) groups excluding carboxylic acids is 3. The molecular weight excluding hydrogens is 432 g/mol. The van der Waals surface area contributed by atoms with Crippen molar-refractivity contribution in [1.82, 2.24) is 15.5 Å². The molecule has 8 heteroatoms. The Morgan fingerprint density at radius 1 is 1.09 bits per heavy atom. The van der Waals surface area contributed by atoms with E-state index in [2.05, 4.69) is 16.7 Å². The zero-order valence-corrected chi connectivity index (χ0v) is 19.4. The number of fused-ring (bicyclic) bond motifs is 1. The van der Waals surface area contributed by atoms with Crippen LogP contribution in [0.15, 0.2) is 18.2 Å². The van der Waals surface area contributed by atoms with E-state index in [1.807, 2.05) is 12.1 Å². The fourth-order valence-corrected chi connectivity index (χ4v) is 5.91. The number of nitrogens with zero attached hydrogens (tertiary/aromatic N) is 2. The van der Waals surface area contributed by atoms with Crippen molar-refractivity contribution in [2.24, 2.45) is 11.8 Å². The molecule has 1 unspecified atom stereocenters. The summed E-state index contributed by atoms with van der Waals surface area (Å²) >= 11 is 0. The molecule has 0 aromatic heterocycles. The van der Waals surface area contributed by atoms with Gasteiger partial charge in [0.05, 0.1) is 6.07 Å². The molecule has 3 amide bonds. The lowest BCUT2D eigenvalue weighted by atomic mass is 9.82. The summed E-state index contributed by atoms with van der Waals surface area (Å²) in [4.78, 5) is 38.2. The summed E-state index contributed by atoms with van der Waals surface area (Å²) < 4.78 is 6.38. The van der Waals surface area contributed by atoms with Crippen molar-refractivity contribution in [3.05, 3.63) is 29.3 Å². The van der Waals surface area contributed by atoms with Crippen LogP contribution in [0.2, 0.25) is 0 Å². The summed E-state index contributed by atoms with van der Waals surface area (Å²) in [5.74, 6) is 0.782. The van der Waals surface area contributed by atoms with Crippen molar-refractivity contribution in [3.8, 4) is 11.8 Å². The largest absolute Gasteiger partial charge is 0.489 e. The Bertz CT molecular complexity index is 1010. The molecule has 2 saturated carbocycles. The van der Waals surface area contributed by atoms with Gasteiger partial charge in [0, 0.05) is 30.5 Å². The first-order chi connectivity index (χ1) is 16.5. The summed E-state index contributed by atoms with van der Waals surface area (Å²) in [6, 6.07) is 7.68. The van der Waals surface area contributed by atoms with Crippen LogP contribution >= 0.6 is 0 Å². The smallest absolute Gasteiger partial charge is 0.255 e. The number of carbonyl (C=O) groups is 3. The molecule has 5 rings (SSSR count). The number of imide groups is 1. The Labute approximate surface area is 200 Å². The molecule has 3 fully saturated rings. The monoisotopic (exact) mass is 464 g/mol. The van der Waals surface area contributed by atoms with E-state index in [0.717, 1.165) is 62.8 Å². The predicted octanol–water partition coefficient (Wildman–Crippen LogP) is 2.67. The highest BCUT2D eigenvalue weighted by atomic mass is 16.5. The summed E-state index contributed by atoms with van der Waals surface area (Å²) in [5.41, 5.74) is 1.47. The molecule has 1 saturated heterocycles. The van der Waals surface area contributed by atoms with Crippen LogP contribution in [0.1, 0.15) is 73.7 Å². The maximum atomic E-state index is 12.9. The summed E-state index contributed by atoms with van der Waals surface area (Å²) in [6.07, 6.45) is 8.17.